The molecule has 0 saturated heterocycles. The summed E-state index contributed by atoms with van der Waals surface area (Å²) in [6.45, 7) is 4.34. The molecular weight excluding hydrogens is 274 g/mol. The highest BCUT2D eigenvalue weighted by molar-refractivity contribution is 9.11. The van der Waals surface area contributed by atoms with E-state index in [2.05, 4.69) is 22.5 Å². The standard InChI is InChI=1S/C11H12BrNOS/c1-2-5-13(9-3-4-9)11(14)8-6-10(12)15-7-8/h2,6-7,9H,1,3-5H2. The van der Waals surface area contributed by atoms with E-state index in [9.17, 15) is 4.79 Å². The van der Waals surface area contributed by atoms with Crippen LogP contribution >= 0.6 is 27.3 Å². The van der Waals surface area contributed by atoms with Gasteiger partial charge in [-0.3, -0.25) is 4.79 Å². The average Bonchev–Trinajstić information content (AvgIpc) is 2.96. The average molecular weight is 286 g/mol. The van der Waals surface area contributed by atoms with E-state index in [-0.39, 0.29) is 5.91 Å². The van der Waals surface area contributed by atoms with E-state index in [0.717, 1.165) is 22.2 Å². The van der Waals surface area contributed by atoms with Crippen LogP contribution < -0.4 is 0 Å². The van der Waals surface area contributed by atoms with Gasteiger partial charge in [-0.1, -0.05) is 6.08 Å². The van der Waals surface area contributed by atoms with E-state index in [1.807, 2.05) is 16.3 Å². The van der Waals surface area contributed by atoms with Gasteiger partial charge in [-0.15, -0.1) is 17.9 Å². The quantitative estimate of drug-likeness (QED) is 0.778. The molecule has 1 aliphatic rings. The monoisotopic (exact) mass is 285 g/mol. The highest BCUT2D eigenvalue weighted by Gasteiger charge is 2.32. The molecule has 0 unspecified atom stereocenters. The van der Waals surface area contributed by atoms with E-state index in [4.69, 9.17) is 0 Å². The summed E-state index contributed by atoms with van der Waals surface area (Å²) in [5, 5.41) is 1.89. The maximum absolute atomic E-state index is 12.1. The van der Waals surface area contributed by atoms with E-state index >= 15 is 0 Å². The van der Waals surface area contributed by atoms with Crippen molar-refractivity contribution in [2.45, 2.75) is 18.9 Å². The molecule has 0 atom stereocenters. The van der Waals surface area contributed by atoms with Crippen LogP contribution in [0.15, 0.2) is 27.9 Å². The Morgan fingerprint density at radius 3 is 2.93 bits per heavy atom. The molecule has 0 aromatic carbocycles. The number of nitrogens with zero attached hydrogens (tertiary/aromatic N) is 1. The van der Waals surface area contributed by atoms with E-state index in [1.54, 1.807) is 17.4 Å². The maximum atomic E-state index is 12.1. The lowest BCUT2D eigenvalue weighted by Gasteiger charge is -2.19. The number of hydrogen-bond acceptors (Lipinski definition) is 2. The normalized spacial score (nSPS) is 15.0. The van der Waals surface area contributed by atoms with Crippen molar-refractivity contribution in [3.63, 3.8) is 0 Å². The summed E-state index contributed by atoms with van der Waals surface area (Å²) in [5.41, 5.74) is 0.778. The molecule has 1 aromatic rings. The first-order chi connectivity index (χ1) is 7.22. The SMILES string of the molecule is C=CCN(C(=O)c1csc(Br)c1)C1CC1. The number of halogens is 1. The van der Waals surface area contributed by atoms with Crippen LogP contribution in [0.4, 0.5) is 0 Å². The fourth-order valence-electron chi connectivity index (χ4n) is 1.51. The molecule has 80 valence electrons. The van der Waals surface area contributed by atoms with Crippen molar-refractivity contribution in [1.29, 1.82) is 0 Å². The third kappa shape index (κ3) is 2.49. The molecule has 1 fully saturated rings. The first kappa shape index (κ1) is 10.9. The van der Waals surface area contributed by atoms with Gasteiger partial charge in [-0.25, -0.2) is 0 Å². The molecule has 1 heterocycles. The Balaban J connectivity index is 2.13. The molecular formula is C11H12BrNOS. The van der Waals surface area contributed by atoms with Gasteiger partial charge in [0.05, 0.1) is 9.35 Å². The first-order valence-corrected chi connectivity index (χ1v) is 6.55. The third-order valence-corrected chi connectivity index (χ3v) is 3.89. The Morgan fingerprint density at radius 1 is 1.73 bits per heavy atom. The van der Waals surface area contributed by atoms with Gasteiger partial charge in [-0.05, 0) is 34.8 Å². The van der Waals surface area contributed by atoms with Gasteiger partial charge in [0, 0.05) is 18.0 Å². The highest BCUT2D eigenvalue weighted by atomic mass is 79.9. The smallest absolute Gasteiger partial charge is 0.255 e. The Hall–Kier alpha value is -0.610. The summed E-state index contributed by atoms with van der Waals surface area (Å²) >= 11 is 4.91. The van der Waals surface area contributed by atoms with Crippen molar-refractivity contribution in [3.8, 4) is 0 Å². The topological polar surface area (TPSA) is 20.3 Å². The molecule has 0 spiro atoms. The molecule has 2 nitrogen and oxygen atoms in total. The molecule has 2 rings (SSSR count). The fourth-order valence-corrected chi connectivity index (χ4v) is 2.64. The van der Waals surface area contributed by atoms with Crippen molar-refractivity contribution >= 4 is 33.2 Å². The van der Waals surface area contributed by atoms with Crippen molar-refractivity contribution in [3.05, 3.63) is 33.5 Å². The zero-order valence-corrected chi connectivity index (χ0v) is 10.7. The minimum absolute atomic E-state index is 0.124. The molecule has 15 heavy (non-hydrogen) atoms. The van der Waals surface area contributed by atoms with Gasteiger partial charge >= 0.3 is 0 Å². The molecule has 1 aliphatic carbocycles. The summed E-state index contributed by atoms with van der Waals surface area (Å²) in [7, 11) is 0. The van der Waals surface area contributed by atoms with E-state index in [0.29, 0.717) is 12.6 Å². The van der Waals surface area contributed by atoms with E-state index < -0.39 is 0 Å². The molecule has 4 heteroatoms. The zero-order chi connectivity index (χ0) is 10.8. The molecule has 0 bridgehead atoms. The summed E-state index contributed by atoms with van der Waals surface area (Å²) in [5.74, 6) is 0.124. The van der Waals surface area contributed by atoms with Crippen LogP contribution in [-0.4, -0.2) is 23.4 Å². The Morgan fingerprint density at radius 2 is 2.47 bits per heavy atom. The molecule has 1 saturated carbocycles. The number of thiophene rings is 1. The Labute approximate surface area is 102 Å². The molecule has 0 N–H and O–H groups in total. The molecule has 1 aromatic heterocycles. The Bertz CT molecular complexity index is 384. The third-order valence-electron chi connectivity index (χ3n) is 2.39. The summed E-state index contributed by atoms with van der Waals surface area (Å²) in [4.78, 5) is 14.0. The van der Waals surface area contributed by atoms with Gasteiger partial charge in [0.1, 0.15) is 0 Å². The highest BCUT2D eigenvalue weighted by Crippen LogP contribution is 2.29. The van der Waals surface area contributed by atoms with E-state index in [1.165, 1.54) is 0 Å². The van der Waals surface area contributed by atoms with Gasteiger partial charge < -0.3 is 4.90 Å². The van der Waals surface area contributed by atoms with Gasteiger partial charge in [0.25, 0.3) is 5.91 Å². The lowest BCUT2D eigenvalue weighted by atomic mass is 10.3. The summed E-state index contributed by atoms with van der Waals surface area (Å²) in [6, 6.07) is 2.32. The summed E-state index contributed by atoms with van der Waals surface area (Å²) < 4.78 is 1.00. The number of rotatable bonds is 4. The predicted octanol–water partition coefficient (Wildman–Crippen LogP) is 3.30. The molecule has 1 amide bonds. The lowest BCUT2D eigenvalue weighted by Crippen LogP contribution is -2.32. The van der Waals surface area contributed by atoms with Crippen LogP contribution in [0, 0.1) is 0 Å². The van der Waals surface area contributed by atoms with Crippen LogP contribution in [0.5, 0.6) is 0 Å². The van der Waals surface area contributed by atoms with Crippen LogP contribution in [0.1, 0.15) is 23.2 Å². The fraction of sp³-hybridized carbons (Fsp3) is 0.364. The van der Waals surface area contributed by atoms with Gasteiger partial charge in [0.15, 0.2) is 0 Å². The number of carbonyl (C=O) groups is 1. The van der Waals surface area contributed by atoms with Crippen LogP contribution in [-0.2, 0) is 0 Å². The van der Waals surface area contributed by atoms with Crippen LogP contribution in [0.25, 0.3) is 0 Å². The predicted molar refractivity (Wildman–Crippen MR) is 66.3 cm³/mol. The Kier molecular flexibility index (Phi) is 3.26. The minimum Gasteiger partial charge on any atom is -0.332 e. The second kappa shape index (κ2) is 4.49. The molecule has 0 radical (unpaired) electrons. The van der Waals surface area contributed by atoms with Crippen molar-refractivity contribution in [2.24, 2.45) is 0 Å². The van der Waals surface area contributed by atoms with Crippen LogP contribution in [0.2, 0.25) is 0 Å². The van der Waals surface area contributed by atoms with Crippen molar-refractivity contribution in [2.75, 3.05) is 6.54 Å². The van der Waals surface area contributed by atoms with Crippen LogP contribution in [0.3, 0.4) is 0 Å². The van der Waals surface area contributed by atoms with Crippen molar-refractivity contribution < 1.29 is 4.79 Å². The maximum Gasteiger partial charge on any atom is 0.255 e. The summed E-state index contributed by atoms with van der Waals surface area (Å²) in [6.07, 6.45) is 4.05. The second-order valence-electron chi connectivity index (χ2n) is 3.62. The number of carbonyl (C=O) groups excluding carboxylic acids is 1. The largest absolute Gasteiger partial charge is 0.332 e. The second-order valence-corrected chi connectivity index (χ2v) is 5.91. The lowest BCUT2D eigenvalue weighted by molar-refractivity contribution is 0.0763. The van der Waals surface area contributed by atoms with Crippen molar-refractivity contribution in [1.82, 2.24) is 4.90 Å². The number of hydrogen-bond donors (Lipinski definition) is 0. The van der Waals surface area contributed by atoms with Gasteiger partial charge in [-0.2, -0.15) is 0 Å². The number of amides is 1. The first-order valence-electron chi connectivity index (χ1n) is 4.88. The zero-order valence-electron chi connectivity index (χ0n) is 8.28. The minimum atomic E-state index is 0.124. The van der Waals surface area contributed by atoms with Gasteiger partial charge in [0.2, 0.25) is 0 Å². The molecule has 0 aliphatic heterocycles.